The van der Waals surface area contributed by atoms with Crippen LogP contribution in [0.1, 0.15) is 19.3 Å². The van der Waals surface area contributed by atoms with Crippen LogP contribution < -0.4 is 4.90 Å². The Morgan fingerprint density at radius 1 is 1.11 bits per heavy atom. The van der Waals surface area contributed by atoms with Crippen molar-refractivity contribution in [2.24, 2.45) is 11.8 Å². The van der Waals surface area contributed by atoms with Gasteiger partial charge in [0.15, 0.2) is 11.6 Å². The maximum atomic E-state index is 13.6. The van der Waals surface area contributed by atoms with E-state index in [2.05, 4.69) is 14.8 Å². The van der Waals surface area contributed by atoms with E-state index in [4.69, 9.17) is 0 Å². The zero-order valence-corrected chi connectivity index (χ0v) is 11.1. The van der Waals surface area contributed by atoms with Crippen LogP contribution in [-0.4, -0.2) is 42.1 Å². The molecule has 0 radical (unpaired) electrons. The third-order valence-electron chi connectivity index (χ3n) is 5.17. The fraction of sp³-hybridized carbons (Fsp3) is 0.667. The van der Waals surface area contributed by atoms with Crippen LogP contribution in [0.3, 0.4) is 0 Å². The van der Waals surface area contributed by atoms with Gasteiger partial charge in [-0.1, -0.05) is 6.42 Å². The summed E-state index contributed by atoms with van der Waals surface area (Å²) < 4.78 is 13.6. The molecule has 19 heavy (non-hydrogen) atoms. The number of rotatable bonds is 2. The van der Waals surface area contributed by atoms with Crippen LogP contribution in [0.2, 0.25) is 0 Å². The van der Waals surface area contributed by atoms with Crippen LogP contribution in [0.15, 0.2) is 18.3 Å². The Labute approximate surface area is 113 Å². The van der Waals surface area contributed by atoms with Gasteiger partial charge in [0.1, 0.15) is 0 Å². The number of hydrogen-bond donors (Lipinski definition) is 0. The fourth-order valence-electron chi connectivity index (χ4n) is 4.04. The first-order valence-corrected chi connectivity index (χ1v) is 7.41. The highest BCUT2D eigenvalue weighted by Gasteiger charge is 2.42. The van der Waals surface area contributed by atoms with Gasteiger partial charge in [0.05, 0.1) is 0 Å². The number of halogens is 1. The molecule has 1 aliphatic carbocycles. The Hall–Kier alpha value is -1.16. The third kappa shape index (κ3) is 1.93. The lowest BCUT2D eigenvalue weighted by Gasteiger charge is -2.45. The van der Waals surface area contributed by atoms with E-state index in [1.165, 1.54) is 38.4 Å². The van der Waals surface area contributed by atoms with E-state index < -0.39 is 0 Å². The molecule has 3 aliphatic rings. The summed E-state index contributed by atoms with van der Waals surface area (Å²) in [6, 6.07) is 3.76. The molecule has 1 aromatic rings. The van der Waals surface area contributed by atoms with Crippen molar-refractivity contribution in [2.45, 2.75) is 25.3 Å². The lowest BCUT2D eigenvalue weighted by Crippen LogP contribution is -2.59. The van der Waals surface area contributed by atoms with Gasteiger partial charge < -0.3 is 4.90 Å². The van der Waals surface area contributed by atoms with Crippen LogP contribution >= 0.6 is 0 Å². The van der Waals surface area contributed by atoms with E-state index in [0.717, 1.165) is 24.9 Å². The van der Waals surface area contributed by atoms with Crippen LogP contribution in [0.5, 0.6) is 0 Å². The summed E-state index contributed by atoms with van der Waals surface area (Å²) in [6.07, 6.45) is 5.95. The van der Waals surface area contributed by atoms with Crippen molar-refractivity contribution < 1.29 is 4.39 Å². The van der Waals surface area contributed by atoms with Gasteiger partial charge in [-0.25, -0.2) is 9.37 Å². The maximum Gasteiger partial charge on any atom is 0.165 e. The summed E-state index contributed by atoms with van der Waals surface area (Å²) in [5, 5.41) is 0. The van der Waals surface area contributed by atoms with Crippen molar-refractivity contribution in [1.29, 1.82) is 0 Å². The smallest absolute Gasteiger partial charge is 0.165 e. The summed E-state index contributed by atoms with van der Waals surface area (Å²) in [6.45, 7) is 4.42. The molecule has 1 saturated carbocycles. The average molecular weight is 261 g/mol. The van der Waals surface area contributed by atoms with Crippen molar-refractivity contribution >= 4 is 5.82 Å². The van der Waals surface area contributed by atoms with Gasteiger partial charge in [0.25, 0.3) is 0 Å². The van der Waals surface area contributed by atoms with Gasteiger partial charge in [0.2, 0.25) is 0 Å². The number of likely N-dealkylation sites (tertiary alicyclic amines) is 1. The Bertz CT molecular complexity index is 460. The number of pyridine rings is 1. The highest BCUT2D eigenvalue weighted by molar-refractivity contribution is 5.43. The predicted octanol–water partition coefficient (Wildman–Crippen LogP) is 2.14. The van der Waals surface area contributed by atoms with Gasteiger partial charge in [-0.2, -0.15) is 0 Å². The van der Waals surface area contributed by atoms with Crippen LogP contribution in [0.25, 0.3) is 0 Å². The number of nitrogens with zero attached hydrogens (tertiary/aromatic N) is 3. The van der Waals surface area contributed by atoms with E-state index in [0.29, 0.717) is 11.9 Å². The summed E-state index contributed by atoms with van der Waals surface area (Å²) in [7, 11) is 0. The summed E-state index contributed by atoms with van der Waals surface area (Å²) >= 11 is 0. The minimum absolute atomic E-state index is 0.195. The predicted molar refractivity (Wildman–Crippen MR) is 72.6 cm³/mol. The molecule has 0 bridgehead atoms. The zero-order valence-electron chi connectivity index (χ0n) is 11.1. The molecule has 102 valence electrons. The normalized spacial score (nSPS) is 31.5. The van der Waals surface area contributed by atoms with Gasteiger partial charge in [-0.05, 0) is 36.8 Å². The van der Waals surface area contributed by atoms with Crippen molar-refractivity contribution in [2.75, 3.05) is 31.1 Å². The zero-order chi connectivity index (χ0) is 12.8. The van der Waals surface area contributed by atoms with Crippen LogP contribution in [0, 0.1) is 17.7 Å². The standard InChI is InChI=1S/C15H20FN3/c16-14-5-2-6-17-15(14)19-9-13(10-19)18-7-11-3-1-4-12(11)8-18/h2,5-6,11-13H,1,3-4,7-10H2. The Morgan fingerprint density at radius 3 is 2.53 bits per heavy atom. The minimum Gasteiger partial charge on any atom is -0.351 e. The van der Waals surface area contributed by atoms with Crippen molar-refractivity contribution in [3.63, 3.8) is 0 Å². The Balaban J connectivity index is 1.37. The molecule has 2 atom stereocenters. The lowest BCUT2D eigenvalue weighted by molar-refractivity contribution is 0.189. The number of anilines is 1. The highest BCUT2D eigenvalue weighted by Crippen LogP contribution is 2.39. The molecule has 0 amide bonds. The quantitative estimate of drug-likeness (QED) is 0.813. The molecule has 1 aromatic heterocycles. The minimum atomic E-state index is -0.195. The van der Waals surface area contributed by atoms with Gasteiger partial charge >= 0.3 is 0 Å². The van der Waals surface area contributed by atoms with E-state index in [1.807, 2.05) is 0 Å². The lowest BCUT2D eigenvalue weighted by atomic mass is 10.0. The van der Waals surface area contributed by atoms with Crippen LogP contribution in [0.4, 0.5) is 10.2 Å². The number of aromatic nitrogens is 1. The van der Waals surface area contributed by atoms with E-state index in [-0.39, 0.29) is 5.82 Å². The van der Waals surface area contributed by atoms with Crippen LogP contribution in [-0.2, 0) is 0 Å². The van der Waals surface area contributed by atoms with Gasteiger partial charge in [0, 0.05) is 38.4 Å². The Morgan fingerprint density at radius 2 is 1.84 bits per heavy atom. The second-order valence-electron chi connectivity index (χ2n) is 6.27. The first-order chi connectivity index (χ1) is 9.31. The largest absolute Gasteiger partial charge is 0.351 e. The van der Waals surface area contributed by atoms with E-state index in [1.54, 1.807) is 12.3 Å². The SMILES string of the molecule is Fc1cccnc1N1CC(N2CC3CCCC3C2)C1. The molecule has 0 spiro atoms. The molecule has 3 heterocycles. The number of fused-ring (bicyclic) bond motifs is 1. The maximum absolute atomic E-state index is 13.6. The second-order valence-corrected chi connectivity index (χ2v) is 6.27. The highest BCUT2D eigenvalue weighted by atomic mass is 19.1. The fourth-order valence-corrected chi connectivity index (χ4v) is 4.04. The summed E-state index contributed by atoms with van der Waals surface area (Å²) in [4.78, 5) is 8.85. The van der Waals surface area contributed by atoms with Crippen molar-refractivity contribution in [3.8, 4) is 0 Å². The average Bonchev–Trinajstić information content (AvgIpc) is 2.90. The van der Waals surface area contributed by atoms with E-state index >= 15 is 0 Å². The number of hydrogen-bond acceptors (Lipinski definition) is 3. The van der Waals surface area contributed by atoms with Crippen molar-refractivity contribution in [1.82, 2.24) is 9.88 Å². The third-order valence-corrected chi connectivity index (χ3v) is 5.17. The molecule has 4 rings (SSSR count). The monoisotopic (exact) mass is 261 g/mol. The summed E-state index contributed by atoms with van der Waals surface area (Å²) in [5.41, 5.74) is 0. The molecule has 3 fully saturated rings. The Kier molecular flexibility index (Phi) is 2.72. The van der Waals surface area contributed by atoms with Gasteiger partial charge in [-0.15, -0.1) is 0 Å². The molecule has 3 nitrogen and oxygen atoms in total. The molecular weight excluding hydrogens is 241 g/mol. The van der Waals surface area contributed by atoms with E-state index in [9.17, 15) is 4.39 Å². The molecular formula is C15H20FN3. The molecule has 4 heteroatoms. The molecule has 0 N–H and O–H groups in total. The topological polar surface area (TPSA) is 19.4 Å². The molecule has 0 aromatic carbocycles. The molecule has 2 saturated heterocycles. The molecule has 2 unspecified atom stereocenters. The second kappa shape index (κ2) is 4.44. The summed E-state index contributed by atoms with van der Waals surface area (Å²) in [5.74, 6) is 2.22. The first-order valence-electron chi connectivity index (χ1n) is 7.41. The first kappa shape index (κ1) is 11.6. The van der Waals surface area contributed by atoms with Gasteiger partial charge in [-0.3, -0.25) is 4.90 Å². The van der Waals surface area contributed by atoms with Crippen molar-refractivity contribution in [3.05, 3.63) is 24.1 Å². The molecule has 2 aliphatic heterocycles.